The highest BCUT2D eigenvalue weighted by Gasteiger charge is 2.60. The molecule has 1 saturated heterocycles. The van der Waals surface area contributed by atoms with E-state index in [0.29, 0.717) is 32.5 Å². The van der Waals surface area contributed by atoms with E-state index in [1.54, 1.807) is 6.20 Å². The summed E-state index contributed by atoms with van der Waals surface area (Å²) in [4.78, 5) is 50.1. The van der Waals surface area contributed by atoms with Crippen LogP contribution in [-0.2, 0) is 42.6 Å². The van der Waals surface area contributed by atoms with Gasteiger partial charge in [0.05, 0.1) is 36.5 Å². The molecule has 2 aliphatic rings. The molecule has 0 bridgehead atoms. The van der Waals surface area contributed by atoms with Gasteiger partial charge in [-0.05, 0) is 88.9 Å². The lowest BCUT2D eigenvalue weighted by molar-refractivity contribution is -0.142. The first-order valence-electron chi connectivity index (χ1n) is 23.9. The van der Waals surface area contributed by atoms with Crippen LogP contribution in [0.3, 0.4) is 0 Å². The van der Waals surface area contributed by atoms with Gasteiger partial charge in [-0.25, -0.2) is 9.80 Å². The summed E-state index contributed by atoms with van der Waals surface area (Å²) >= 11 is 0. The van der Waals surface area contributed by atoms with Crippen molar-refractivity contribution in [3.05, 3.63) is 126 Å². The molecule has 2 N–H and O–H groups in total. The van der Waals surface area contributed by atoms with Crippen LogP contribution in [0.25, 0.3) is 11.3 Å². The van der Waals surface area contributed by atoms with Crippen LogP contribution in [0.1, 0.15) is 97.0 Å². The van der Waals surface area contributed by atoms with E-state index < -0.39 is 45.7 Å². The number of amides is 3. The highest BCUT2D eigenvalue weighted by atomic mass is 28.4. The molecule has 0 saturated carbocycles. The van der Waals surface area contributed by atoms with E-state index >= 15 is 4.79 Å². The topological polar surface area (TPSA) is 122 Å². The standard InChI is InChI=1S/C54H77N5O6Si2/c1-51(2,3)47(56-50(62)63-10)48(60)57-58(36-39-27-29-40(30-28-39)43-26-20-21-32-55-43)33-31-54(35-38-22-16-15-17-23-38)45(65-67(13,14)53(7,8)9)37-59(49(54)61)46-42-25-19-18-24-41(42)34-44(46)64-66(11,12)52(4,5)6/h15-30,32,44-47H,31,33-37H2,1-14H3,(H,56,62)(H,57,60)/t44-,45-,46+,47-,54+/m1/s1. The summed E-state index contributed by atoms with van der Waals surface area (Å²) in [5.41, 5.74) is 7.71. The number of likely N-dealkylation sites (tertiary alicyclic amines) is 1. The van der Waals surface area contributed by atoms with E-state index in [1.807, 2.05) is 86.4 Å². The van der Waals surface area contributed by atoms with Crippen molar-refractivity contribution in [3.8, 4) is 11.3 Å². The highest BCUT2D eigenvalue weighted by molar-refractivity contribution is 6.74. The zero-order chi connectivity index (χ0) is 49.2. The molecule has 0 unspecified atom stereocenters. The molecule has 1 aliphatic carbocycles. The van der Waals surface area contributed by atoms with Crippen molar-refractivity contribution >= 4 is 34.5 Å². The molecule has 13 heteroatoms. The van der Waals surface area contributed by atoms with Crippen LogP contribution in [0.4, 0.5) is 4.79 Å². The number of hydrogen-bond donors (Lipinski definition) is 2. The number of hydrogen-bond acceptors (Lipinski definition) is 8. The Kier molecular flexibility index (Phi) is 15.5. The normalized spacial score (nSPS) is 20.7. The molecule has 67 heavy (non-hydrogen) atoms. The number of hydrazine groups is 1. The van der Waals surface area contributed by atoms with Gasteiger partial charge >= 0.3 is 6.09 Å². The van der Waals surface area contributed by atoms with Crippen LogP contribution in [0.5, 0.6) is 0 Å². The molecule has 1 fully saturated rings. The Morgan fingerprint density at radius 1 is 0.806 bits per heavy atom. The fourth-order valence-electron chi connectivity index (χ4n) is 8.97. The van der Waals surface area contributed by atoms with E-state index in [0.717, 1.165) is 34.4 Å². The van der Waals surface area contributed by atoms with Crippen molar-refractivity contribution in [1.29, 1.82) is 0 Å². The molecular weight excluding hydrogens is 871 g/mol. The van der Waals surface area contributed by atoms with Crippen molar-refractivity contribution < 1.29 is 28.0 Å². The zero-order valence-electron chi connectivity index (χ0n) is 42.7. The molecule has 362 valence electrons. The van der Waals surface area contributed by atoms with Crippen molar-refractivity contribution in [2.75, 3.05) is 20.2 Å². The van der Waals surface area contributed by atoms with E-state index in [1.165, 1.54) is 12.7 Å². The number of carbonyl (C=O) groups is 3. The third kappa shape index (κ3) is 11.8. The number of nitrogens with one attached hydrogen (secondary N) is 2. The molecule has 0 spiro atoms. The maximum atomic E-state index is 16.3. The summed E-state index contributed by atoms with van der Waals surface area (Å²) in [6, 6.07) is 31.6. The lowest BCUT2D eigenvalue weighted by Crippen LogP contribution is -2.58. The first-order valence-corrected chi connectivity index (χ1v) is 29.8. The Labute approximate surface area is 403 Å². The molecule has 5 atom stereocenters. The van der Waals surface area contributed by atoms with Crippen LogP contribution >= 0.6 is 0 Å². The highest BCUT2D eigenvalue weighted by Crippen LogP contribution is 2.51. The maximum Gasteiger partial charge on any atom is 0.407 e. The zero-order valence-corrected chi connectivity index (χ0v) is 44.7. The Morgan fingerprint density at radius 3 is 2.01 bits per heavy atom. The number of fused-ring (bicyclic) bond motifs is 1. The number of ether oxygens (including phenoxy) is 1. The summed E-state index contributed by atoms with van der Waals surface area (Å²) in [5.74, 6) is -0.349. The van der Waals surface area contributed by atoms with E-state index in [9.17, 15) is 9.59 Å². The van der Waals surface area contributed by atoms with E-state index in [-0.39, 0.29) is 34.0 Å². The number of aromatic nitrogens is 1. The molecule has 0 radical (unpaired) electrons. The predicted octanol–water partition coefficient (Wildman–Crippen LogP) is 10.9. The third-order valence-corrected chi connectivity index (χ3v) is 24.0. The number of benzene rings is 3. The van der Waals surface area contributed by atoms with Gasteiger partial charge in [0, 0.05) is 37.8 Å². The molecule has 1 aliphatic heterocycles. The van der Waals surface area contributed by atoms with E-state index in [2.05, 4.69) is 125 Å². The Morgan fingerprint density at radius 2 is 1.42 bits per heavy atom. The number of alkyl carbamates (subject to hydrolysis) is 1. The fourth-order valence-corrected chi connectivity index (χ4v) is 11.7. The first kappa shape index (κ1) is 51.7. The van der Waals surface area contributed by atoms with Crippen LogP contribution in [-0.4, -0.2) is 87.9 Å². The SMILES string of the molecule is COC(=O)N[C@H](C(=O)NN(CC[C@@]1(Cc2ccccc2)C(=O)N([C@H]2c3ccccc3C[C@H]2O[Si](C)(C)C(C)(C)C)C[C@H]1O[Si](C)(C)C(C)(C)C)Cc1ccc(-c2ccccn2)cc1)C(C)(C)C. The molecule has 2 heterocycles. The third-order valence-electron chi connectivity index (χ3n) is 15.0. The van der Waals surface area contributed by atoms with E-state index in [4.69, 9.17) is 13.6 Å². The van der Waals surface area contributed by atoms with Gasteiger partial charge in [-0.2, -0.15) is 0 Å². The van der Waals surface area contributed by atoms with Crippen molar-refractivity contribution in [2.45, 2.75) is 149 Å². The van der Waals surface area contributed by atoms with Crippen molar-refractivity contribution in [1.82, 2.24) is 25.6 Å². The van der Waals surface area contributed by atoms with Gasteiger partial charge in [-0.15, -0.1) is 0 Å². The lowest BCUT2D eigenvalue weighted by Gasteiger charge is -2.43. The molecule has 11 nitrogen and oxygen atoms in total. The lowest BCUT2D eigenvalue weighted by atomic mass is 9.75. The monoisotopic (exact) mass is 948 g/mol. The molecule has 6 rings (SSSR count). The average molecular weight is 948 g/mol. The number of nitrogens with zero attached hydrogens (tertiary/aromatic N) is 3. The quantitative estimate of drug-likeness (QED) is 0.0841. The average Bonchev–Trinajstić information content (AvgIpc) is 3.73. The van der Waals surface area contributed by atoms with Crippen molar-refractivity contribution in [3.63, 3.8) is 0 Å². The summed E-state index contributed by atoms with van der Waals surface area (Å²) in [6.45, 7) is 29.4. The minimum Gasteiger partial charge on any atom is -0.453 e. The number of carbonyl (C=O) groups excluding carboxylic acids is 3. The molecule has 1 aromatic heterocycles. The Bertz CT molecular complexity index is 2320. The second-order valence-electron chi connectivity index (χ2n) is 22.9. The summed E-state index contributed by atoms with van der Waals surface area (Å²) in [7, 11) is -3.50. The van der Waals surface area contributed by atoms with Crippen LogP contribution in [0, 0.1) is 10.8 Å². The summed E-state index contributed by atoms with van der Waals surface area (Å²) in [6.07, 6.45) is 1.94. The Hall–Kier alpha value is -4.67. The summed E-state index contributed by atoms with van der Waals surface area (Å²) < 4.78 is 19.9. The van der Waals surface area contributed by atoms with Crippen LogP contribution < -0.4 is 10.7 Å². The van der Waals surface area contributed by atoms with Gasteiger partial charge in [-0.3, -0.25) is 20.0 Å². The fraction of sp³-hybridized carbons (Fsp3) is 0.519. The minimum absolute atomic E-state index is 0.0303. The smallest absolute Gasteiger partial charge is 0.407 e. The van der Waals surface area contributed by atoms with Gasteiger partial charge in [0.25, 0.3) is 5.91 Å². The largest absolute Gasteiger partial charge is 0.453 e. The molecule has 3 aromatic carbocycles. The van der Waals surface area contributed by atoms with Crippen LogP contribution in [0.15, 0.2) is 103 Å². The van der Waals surface area contributed by atoms with Gasteiger partial charge in [-0.1, -0.05) is 147 Å². The number of methoxy groups -OCH3 is 1. The maximum absolute atomic E-state index is 16.3. The second-order valence-corrected chi connectivity index (χ2v) is 32.4. The van der Waals surface area contributed by atoms with Gasteiger partial charge in [0.15, 0.2) is 16.6 Å². The van der Waals surface area contributed by atoms with Gasteiger partial charge < -0.3 is 23.8 Å². The first-order chi connectivity index (χ1) is 31.3. The Balaban J connectivity index is 1.46. The minimum atomic E-state index is -2.50. The summed E-state index contributed by atoms with van der Waals surface area (Å²) in [5, 5.41) is 4.51. The van der Waals surface area contributed by atoms with Crippen molar-refractivity contribution in [2.24, 2.45) is 10.8 Å². The number of pyridine rings is 1. The van der Waals surface area contributed by atoms with Gasteiger partial charge in [0.2, 0.25) is 5.91 Å². The van der Waals surface area contributed by atoms with Gasteiger partial charge in [0.1, 0.15) is 6.04 Å². The molecular formula is C54H77N5O6Si2. The molecule has 4 aromatic rings. The second kappa shape index (κ2) is 20.1. The predicted molar refractivity (Wildman–Crippen MR) is 273 cm³/mol. The number of rotatable bonds is 16. The molecule has 3 amide bonds. The van der Waals surface area contributed by atoms with Crippen LogP contribution in [0.2, 0.25) is 36.3 Å².